The molecule has 1 saturated heterocycles. The molecule has 0 aromatic heterocycles. The number of hydrogen-bond acceptors (Lipinski definition) is 2. The summed E-state index contributed by atoms with van der Waals surface area (Å²) in [5.41, 5.74) is 0. The molecule has 0 saturated carbocycles. The van der Waals surface area contributed by atoms with E-state index in [1.54, 1.807) is 0 Å². The summed E-state index contributed by atoms with van der Waals surface area (Å²) >= 11 is 0. The van der Waals surface area contributed by atoms with Gasteiger partial charge in [0.1, 0.15) is 0 Å². The highest BCUT2D eigenvalue weighted by atomic mass is 16.5. The lowest BCUT2D eigenvalue weighted by molar-refractivity contribution is 0.122. The van der Waals surface area contributed by atoms with Crippen LogP contribution >= 0.6 is 0 Å². The Labute approximate surface area is 111 Å². The number of ether oxygens (including phenoxy) is 1. The predicted molar refractivity (Wildman–Crippen MR) is 80.7 cm³/mol. The van der Waals surface area contributed by atoms with Gasteiger partial charge < -0.3 is 10.1 Å². The zero-order valence-corrected chi connectivity index (χ0v) is 13.6. The lowest BCUT2D eigenvalue weighted by atomic mass is 10.2. The van der Waals surface area contributed by atoms with E-state index in [-0.39, 0.29) is 0 Å². The Bertz CT molecular complexity index is 99.1. The van der Waals surface area contributed by atoms with Crippen molar-refractivity contribution in [1.82, 2.24) is 5.32 Å². The summed E-state index contributed by atoms with van der Waals surface area (Å²) in [5.74, 6) is 0.681. The third-order valence-corrected chi connectivity index (χ3v) is 1.96. The van der Waals surface area contributed by atoms with E-state index in [9.17, 15) is 0 Å². The maximum absolute atomic E-state index is 5.09. The first kappa shape index (κ1) is 22.1. The SMILES string of the molecule is CC.CC.CC1CCCN1.CCOCC(C)C. The van der Waals surface area contributed by atoms with Gasteiger partial charge in [-0.3, -0.25) is 0 Å². The molecule has 2 heteroatoms. The second kappa shape index (κ2) is 21.2. The lowest BCUT2D eigenvalue weighted by Gasteiger charge is -2.01. The van der Waals surface area contributed by atoms with Crippen LogP contribution in [0.15, 0.2) is 0 Å². The Morgan fingerprint density at radius 2 is 1.71 bits per heavy atom. The number of hydrogen-bond donors (Lipinski definition) is 1. The van der Waals surface area contributed by atoms with Gasteiger partial charge in [0.05, 0.1) is 0 Å². The van der Waals surface area contributed by atoms with Gasteiger partial charge in [0, 0.05) is 19.3 Å². The molecule has 0 aliphatic carbocycles. The standard InChI is InChI=1S/C6H14O.C5H11N.2C2H6/c1-4-7-5-6(2)3;1-5-3-2-4-6-5;2*1-2/h6H,4-5H2,1-3H3;5-6H,2-4H2,1H3;2*1-2H3. The molecule has 1 atom stereocenters. The minimum Gasteiger partial charge on any atom is -0.381 e. The molecule has 1 rings (SSSR count). The maximum atomic E-state index is 5.09. The van der Waals surface area contributed by atoms with Crippen LogP contribution in [0.25, 0.3) is 0 Å². The number of rotatable bonds is 3. The van der Waals surface area contributed by atoms with E-state index in [4.69, 9.17) is 4.74 Å². The normalized spacial score (nSPS) is 17.1. The van der Waals surface area contributed by atoms with Gasteiger partial charge in [0.2, 0.25) is 0 Å². The van der Waals surface area contributed by atoms with Crippen LogP contribution in [0.2, 0.25) is 0 Å². The first-order valence-corrected chi connectivity index (χ1v) is 7.48. The average Bonchev–Trinajstić information content (AvgIpc) is 2.83. The zero-order chi connectivity index (χ0) is 14.1. The maximum Gasteiger partial charge on any atom is 0.0488 e. The molecule has 0 spiro atoms. The molecular formula is C15H37NO. The fourth-order valence-electron chi connectivity index (χ4n) is 1.21. The average molecular weight is 247 g/mol. The molecule has 1 aliphatic heterocycles. The highest BCUT2D eigenvalue weighted by molar-refractivity contribution is 4.67. The van der Waals surface area contributed by atoms with Crippen molar-refractivity contribution in [1.29, 1.82) is 0 Å². The van der Waals surface area contributed by atoms with Crippen molar-refractivity contribution >= 4 is 0 Å². The molecule has 1 unspecified atom stereocenters. The molecule has 1 N–H and O–H groups in total. The molecule has 17 heavy (non-hydrogen) atoms. The van der Waals surface area contributed by atoms with Crippen LogP contribution in [-0.2, 0) is 4.74 Å². The largest absolute Gasteiger partial charge is 0.381 e. The molecular weight excluding hydrogens is 210 g/mol. The second-order valence-electron chi connectivity index (χ2n) is 4.05. The van der Waals surface area contributed by atoms with Gasteiger partial charge in [-0.25, -0.2) is 0 Å². The van der Waals surface area contributed by atoms with E-state index >= 15 is 0 Å². The Kier molecular flexibility index (Phi) is 27.6. The summed E-state index contributed by atoms with van der Waals surface area (Å²) in [6.45, 7) is 19.5. The summed E-state index contributed by atoms with van der Waals surface area (Å²) in [4.78, 5) is 0. The number of nitrogens with one attached hydrogen (secondary N) is 1. The lowest BCUT2D eigenvalue weighted by Crippen LogP contribution is -2.16. The second-order valence-corrected chi connectivity index (χ2v) is 4.05. The van der Waals surface area contributed by atoms with E-state index in [1.807, 2.05) is 34.6 Å². The highest BCUT2D eigenvalue weighted by Gasteiger charge is 2.05. The Balaban J connectivity index is -0.000000179. The van der Waals surface area contributed by atoms with Gasteiger partial charge in [0.15, 0.2) is 0 Å². The highest BCUT2D eigenvalue weighted by Crippen LogP contribution is 2.01. The Morgan fingerprint density at radius 1 is 1.18 bits per heavy atom. The van der Waals surface area contributed by atoms with Crippen LogP contribution in [0.5, 0.6) is 0 Å². The molecule has 0 aromatic rings. The molecule has 2 nitrogen and oxygen atoms in total. The fraction of sp³-hybridized carbons (Fsp3) is 1.00. The van der Waals surface area contributed by atoms with Gasteiger partial charge in [-0.2, -0.15) is 0 Å². The molecule has 0 aromatic carbocycles. The van der Waals surface area contributed by atoms with Crippen LogP contribution < -0.4 is 5.32 Å². The van der Waals surface area contributed by atoms with E-state index < -0.39 is 0 Å². The van der Waals surface area contributed by atoms with Crippen molar-refractivity contribution < 1.29 is 4.74 Å². The summed E-state index contributed by atoms with van der Waals surface area (Å²) < 4.78 is 5.09. The summed E-state index contributed by atoms with van der Waals surface area (Å²) in [7, 11) is 0. The Hall–Kier alpha value is -0.0800. The van der Waals surface area contributed by atoms with E-state index in [0.717, 1.165) is 19.3 Å². The molecule has 1 aliphatic rings. The third kappa shape index (κ3) is 25.9. The van der Waals surface area contributed by atoms with Crippen molar-refractivity contribution in [2.24, 2.45) is 5.92 Å². The van der Waals surface area contributed by atoms with Gasteiger partial charge in [-0.05, 0) is 39.2 Å². The van der Waals surface area contributed by atoms with Gasteiger partial charge >= 0.3 is 0 Å². The van der Waals surface area contributed by atoms with Crippen molar-refractivity contribution in [2.75, 3.05) is 19.8 Å². The molecule has 108 valence electrons. The zero-order valence-electron chi connectivity index (χ0n) is 13.6. The monoisotopic (exact) mass is 247 g/mol. The van der Waals surface area contributed by atoms with Crippen molar-refractivity contribution in [3.63, 3.8) is 0 Å². The minimum atomic E-state index is 0.681. The molecule has 0 radical (unpaired) electrons. The predicted octanol–water partition coefficient (Wildman–Crippen LogP) is 4.49. The fourth-order valence-corrected chi connectivity index (χ4v) is 1.21. The van der Waals surface area contributed by atoms with Gasteiger partial charge in [0.25, 0.3) is 0 Å². The van der Waals surface area contributed by atoms with Crippen molar-refractivity contribution in [2.45, 2.75) is 74.3 Å². The summed E-state index contributed by atoms with van der Waals surface area (Å²) in [6.07, 6.45) is 2.75. The van der Waals surface area contributed by atoms with E-state index in [1.165, 1.54) is 19.4 Å². The first-order valence-electron chi connectivity index (χ1n) is 7.48. The van der Waals surface area contributed by atoms with Crippen molar-refractivity contribution in [3.8, 4) is 0 Å². The Morgan fingerprint density at radius 3 is 1.82 bits per heavy atom. The van der Waals surface area contributed by atoms with E-state index in [2.05, 4.69) is 26.1 Å². The quantitative estimate of drug-likeness (QED) is 0.793. The summed E-state index contributed by atoms with van der Waals surface area (Å²) in [5, 5.41) is 3.32. The minimum absolute atomic E-state index is 0.681. The van der Waals surface area contributed by atoms with E-state index in [0.29, 0.717) is 5.92 Å². The smallest absolute Gasteiger partial charge is 0.0488 e. The van der Waals surface area contributed by atoms with Gasteiger partial charge in [-0.1, -0.05) is 41.5 Å². The van der Waals surface area contributed by atoms with Gasteiger partial charge in [-0.15, -0.1) is 0 Å². The van der Waals surface area contributed by atoms with Crippen LogP contribution in [0, 0.1) is 5.92 Å². The summed E-state index contributed by atoms with van der Waals surface area (Å²) in [6, 6.07) is 0.796. The topological polar surface area (TPSA) is 21.3 Å². The van der Waals surface area contributed by atoms with Crippen LogP contribution in [0.4, 0.5) is 0 Å². The molecule has 1 heterocycles. The third-order valence-electron chi connectivity index (χ3n) is 1.96. The molecule has 0 bridgehead atoms. The first-order chi connectivity index (χ1) is 8.16. The van der Waals surface area contributed by atoms with Crippen LogP contribution in [0.3, 0.4) is 0 Å². The van der Waals surface area contributed by atoms with Crippen molar-refractivity contribution in [3.05, 3.63) is 0 Å². The molecule has 0 amide bonds. The van der Waals surface area contributed by atoms with Crippen LogP contribution in [-0.4, -0.2) is 25.8 Å². The van der Waals surface area contributed by atoms with Crippen LogP contribution in [0.1, 0.15) is 68.2 Å². The molecule has 1 fully saturated rings.